The van der Waals surface area contributed by atoms with E-state index in [1.807, 2.05) is 6.07 Å². The first-order chi connectivity index (χ1) is 18.7. The number of hydrogen-bond acceptors (Lipinski definition) is 6. The van der Waals surface area contributed by atoms with E-state index in [1.165, 1.54) is 15.3 Å². The molecule has 208 valence electrons. The number of pyridine rings is 1. The zero-order valence-corrected chi connectivity index (χ0v) is 22.4. The number of rotatable bonds is 7. The van der Waals surface area contributed by atoms with E-state index < -0.39 is 5.51 Å². The van der Waals surface area contributed by atoms with Gasteiger partial charge in [-0.05, 0) is 50.3 Å². The maximum Gasteiger partial charge on any atom is 0.447 e. The summed E-state index contributed by atoms with van der Waals surface area (Å²) in [6.07, 6.45) is 9.76. The number of fused-ring (bicyclic) bond motifs is 3. The van der Waals surface area contributed by atoms with Crippen molar-refractivity contribution in [3.63, 3.8) is 0 Å². The van der Waals surface area contributed by atoms with Gasteiger partial charge in [-0.1, -0.05) is 11.8 Å². The first-order valence-electron chi connectivity index (χ1n) is 13.0. The van der Waals surface area contributed by atoms with Gasteiger partial charge >= 0.3 is 5.51 Å². The molecule has 12 heteroatoms. The Labute approximate surface area is 228 Å². The monoisotopic (exact) mass is 560 g/mol. The molecule has 5 heterocycles. The topological polar surface area (TPSA) is 86.8 Å². The Bertz CT molecular complexity index is 1390. The molecule has 5 rings (SSSR count). The molecular formula is C27H31F3N6O2S. The van der Waals surface area contributed by atoms with E-state index >= 15 is 0 Å². The number of alkyl halides is 3. The average molecular weight is 561 g/mol. The minimum absolute atomic E-state index is 0.0127. The Hall–Kier alpha value is -3.14. The molecule has 8 nitrogen and oxygen atoms in total. The van der Waals surface area contributed by atoms with E-state index in [-0.39, 0.29) is 47.5 Å². The molecule has 0 aromatic carbocycles. The maximum atomic E-state index is 13.5. The number of thioether (sulfide) groups is 1. The molecule has 3 aromatic rings. The second-order valence-corrected chi connectivity index (χ2v) is 11.0. The predicted octanol–water partition coefficient (Wildman–Crippen LogP) is 3.86. The van der Waals surface area contributed by atoms with Crippen molar-refractivity contribution >= 4 is 28.9 Å². The van der Waals surface area contributed by atoms with E-state index in [1.54, 1.807) is 31.6 Å². The zero-order chi connectivity index (χ0) is 27.6. The van der Waals surface area contributed by atoms with Crippen molar-refractivity contribution in [2.45, 2.75) is 60.8 Å². The molecule has 0 aliphatic carbocycles. The van der Waals surface area contributed by atoms with Gasteiger partial charge in [0.2, 0.25) is 0 Å². The SMILES string of the molecule is Cn1cc(C(=O)NCC#Cc2cc3c(N[C@@H]4CC[C@@H]5CC[C@@H](C4)N5CCO)cccn3c2SC(F)(F)F)cn1. The number of aliphatic hydroxyl groups is 1. The third-order valence-corrected chi connectivity index (χ3v) is 8.24. The van der Waals surface area contributed by atoms with Crippen molar-refractivity contribution < 1.29 is 23.1 Å². The molecular weight excluding hydrogens is 529 g/mol. The summed E-state index contributed by atoms with van der Waals surface area (Å²) in [6, 6.07) is 6.35. The molecule has 0 radical (unpaired) electrons. The fourth-order valence-electron chi connectivity index (χ4n) is 5.75. The number of amides is 1. The number of hydrogen-bond donors (Lipinski definition) is 3. The van der Waals surface area contributed by atoms with Crippen LogP contribution < -0.4 is 10.6 Å². The number of anilines is 1. The van der Waals surface area contributed by atoms with Gasteiger partial charge in [-0.2, -0.15) is 18.3 Å². The number of carbonyl (C=O) groups excluding carboxylic acids is 1. The normalized spacial score (nSPS) is 21.4. The van der Waals surface area contributed by atoms with Crippen LogP contribution in [0.5, 0.6) is 0 Å². The molecule has 39 heavy (non-hydrogen) atoms. The first kappa shape index (κ1) is 27.4. The van der Waals surface area contributed by atoms with Crippen molar-refractivity contribution in [1.82, 2.24) is 24.4 Å². The Morgan fingerprint density at radius 2 is 2.05 bits per heavy atom. The van der Waals surface area contributed by atoms with E-state index in [0.717, 1.165) is 37.8 Å². The maximum absolute atomic E-state index is 13.5. The molecule has 2 aliphatic rings. The Morgan fingerprint density at radius 1 is 1.26 bits per heavy atom. The van der Waals surface area contributed by atoms with Crippen molar-refractivity contribution in [3.8, 4) is 11.8 Å². The van der Waals surface area contributed by atoms with E-state index in [4.69, 9.17) is 0 Å². The Balaban J connectivity index is 1.37. The summed E-state index contributed by atoms with van der Waals surface area (Å²) in [5.41, 5.74) is -2.48. The van der Waals surface area contributed by atoms with Gasteiger partial charge in [-0.25, -0.2) is 0 Å². The van der Waals surface area contributed by atoms with Gasteiger partial charge in [-0.3, -0.25) is 14.4 Å². The highest BCUT2D eigenvalue weighted by Crippen LogP contribution is 2.41. The van der Waals surface area contributed by atoms with Crippen LogP contribution in [0.1, 0.15) is 48.0 Å². The average Bonchev–Trinajstić information content (AvgIpc) is 3.54. The summed E-state index contributed by atoms with van der Waals surface area (Å²) in [4.78, 5) is 14.6. The lowest BCUT2D eigenvalue weighted by atomic mass is 9.96. The minimum Gasteiger partial charge on any atom is -0.395 e. The summed E-state index contributed by atoms with van der Waals surface area (Å²) in [6.45, 7) is 0.806. The van der Waals surface area contributed by atoms with Gasteiger partial charge in [-0.15, -0.1) is 0 Å². The Morgan fingerprint density at radius 3 is 2.79 bits per heavy atom. The lowest BCUT2D eigenvalue weighted by Gasteiger charge is -2.27. The van der Waals surface area contributed by atoms with Crippen LogP contribution in [-0.2, 0) is 7.05 Å². The molecule has 3 atom stereocenters. The molecule has 1 amide bonds. The molecule has 0 spiro atoms. The van der Waals surface area contributed by atoms with Gasteiger partial charge in [0, 0.05) is 55.9 Å². The lowest BCUT2D eigenvalue weighted by Crippen LogP contribution is -2.37. The molecule has 0 saturated carbocycles. The molecule has 2 fully saturated rings. The van der Waals surface area contributed by atoms with Crippen LogP contribution in [0.4, 0.5) is 18.9 Å². The number of nitrogens with zero attached hydrogens (tertiary/aromatic N) is 4. The fraction of sp³-hybridized carbons (Fsp3) is 0.481. The van der Waals surface area contributed by atoms with Crippen LogP contribution in [0.3, 0.4) is 0 Å². The van der Waals surface area contributed by atoms with Gasteiger partial charge < -0.3 is 20.1 Å². The lowest BCUT2D eigenvalue weighted by molar-refractivity contribution is -0.0329. The third kappa shape index (κ3) is 6.37. The van der Waals surface area contributed by atoms with Gasteiger partial charge in [0.05, 0.1) is 41.7 Å². The number of aromatic nitrogens is 3. The van der Waals surface area contributed by atoms with Crippen LogP contribution in [0.15, 0.2) is 41.8 Å². The van der Waals surface area contributed by atoms with Crippen molar-refractivity contribution in [2.24, 2.45) is 7.05 Å². The Kier molecular flexibility index (Phi) is 8.11. The fourth-order valence-corrected chi connectivity index (χ4v) is 6.45. The second-order valence-electron chi connectivity index (χ2n) is 9.98. The van der Waals surface area contributed by atoms with E-state index in [2.05, 4.69) is 32.5 Å². The highest BCUT2D eigenvalue weighted by Gasteiger charge is 2.37. The number of nitrogens with one attached hydrogen (secondary N) is 2. The summed E-state index contributed by atoms with van der Waals surface area (Å²) in [7, 11) is 1.70. The number of aryl methyl sites for hydroxylation is 1. The van der Waals surface area contributed by atoms with Crippen molar-refractivity contribution in [1.29, 1.82) is 0 Å². The molecule has 2 bridgehead atoms. The van der Waals surface area contributed by atoms with Crippen LogP contribution in [0, 0.1) is 11.8 Å². The molecule has 3 N–H and O–H groups in total. The molecule has 0 unspecified atom stereocenters. The highest BCUT2D eigenvalue weighted by molar-refractivity contribution is 8.00. The zero-order valence-electron chi connectivity index (χ0n) is 21.5. The second kappa shape index (κ2) is 11.5. The first-order valence-corrected chi connectivity index (χ1v) is 13.8. The summed E-state index contributed by atoms with van der Waals surface area (Å²) in [5.74, 6) is 5.27. The predicted molar refractivity (Wildman–Crippen MR) is 144 cm³/mol. The largest absolute Gasteiger partial charge is 0.447 e. The summed E-state index contributed by atoms with van der Waals surface area (Å²) in [5, 5.41) is 19.7. The number of aliphatic hydroxyl groups excluding tert-OH is 1. The summed E-state index contributed by atoms with van der Waals surface area (Å²) >= 11 is -0.195. The van der Waals surface area contributed by atoms with Gasteiger partial charge in [0.15, 0.2) is 0 Å². The molecule has 2 aliphatic heterocycles. The quantitative estimate of drug-likeness (QED) is 0.301. The van der Waals surface area contributed by atoms with Crippen LogP contribution in [0.2, 0.25) is 0 Å². The highest BCUT2D eigenvalue weighted by atomic mass is 32.2. The van der Waals surface area contributed by atoms with Crippen LogP contribution >= 0.6 is 11.8 Å². The number of halogens is 3. The summed E-state index contributed by atoms with van der Waals surface area (Å²) < 4.78 is 43.6. The van der Waals surface area contributed by atoms with E-state index in [0.29, 0.717) is 29.7 Å². The van der Waals surface area contributed by atoms with Gasteiger partial charge in [0.25, 0.3) is 5.91 Å². The third-order valence-electron chi connectivity index (χ3n) is 7.40. The van der Waals surface area contributed by atoms with Gasteiger partial charge in [0.1, 0.15) is 5.03 Å². The smallest absolute Gasteiger partial charge is 0.395 e. The van der Waals surface area contributed by atoms with Crippen LogP contribution in [0.25, 0.3) is 5.52 Å². The molecule has 2 saturated heterocycles. The van der Waals surface area contributed by atoms with Crippen molar-refractivity contribution in [3.05, 3.63) is 47.9 Å². The van der Waals surface area contributed by atoms with Crippen LogP contribution in [-0.4, -0.2) is 73.4 Å². The molecule has 3 aromatic heterocycles. The van der Waals surface area contributed by atoms with Crippen molar-refractivity contribution in [2.75, 3.05) is 25.0 Å². The van der Waals surface area contributed by atoms with E-state index in [9.17, 15) is 23.1 Å². The standard InChI is InChI=1S/C27H31F3N6O2S/c1-34-17-19(16-32-34)25(38)31-10-2-4-18-14-24-23(5-3-11-36(24)26(18)39-27(28,29)30)33-20-6-7-21-8-9-22(15-20)35(21)12-13-37/h3,5,11,14,16-17,20-22,33,37H,6-10,12-13,15H2,1H3,(H,31,38)/t20-,21-,22+/m1/s1. The number of carbonyl (C=O) groups is 1. The minimum atomic E-state index is -4.49.